The van der Waals surface area contributed by atoms with Gasteiger partial charge in [-0.05, 0) is 42.0 Å². The zero-order valence-electron chi connectivity index (χ0n) is 13.2. The number of amides is 1. The molecule has 1 amide bonds. The minimum atomic E-state index is -3.60. The highest BCUT2D eigenvalue weighted by atomic mass is 35.5. The first-order valence-electron chi connectivity index (χ1n) is 7.09. The summed E-state index contributed by atoms with van der Waals surface area (Å²) < 4.78 is 25.0. The van der Waals surface area contributed by atoms with Gasteiger partial charge >= 0.3 is 0 Å². The highest BCUT2D eigenvalue weighted by molar-refractivity contribution is 7.88. The van der Waals surface area contributed by atoms with Crippen LogP contribution in [0.25, 0.3) is 0 Å². The number of nitrogens with zero attached hydrogens (tertiary/aromatic N) is 1. The zero-order chi connectivity index (χ0) is 18.6. The van der Waals surface area contributed by atoms with Gasteiger partial charge in [-0.3, -0.25) is 4.79 Å². The number of carbonyl (C=O) groups is 1. The van der Waals surface area contributed by atoms with Gasteiger partial charge in [0.05, 0.1) is 22.8 Å². The lowest BCUT2D eigenvalue weighted by atomic mass is 10.2. The maximum Gasteiger partial charge on any atom is 0.239 e. The Morgan fingerprint density at radius 2 is 1.68 bits per heavy atom. The van der Waals surface area contributed by atoms with Crippen LogP contribution < -0.4 is 5.32 Å². The molecule has 0 saturated carbocycles. The molecule has 0 aliphatic rings. The molecule has 0 bridgehead atoms. The first-order chi connectivity index (χ1) is 11.6. The van der Waals surface area contributed by atoms with Crippen LogP contribution in [0.4, 0.5) is 5.69 Å². The van der Waals surface area contributed by atoms with Crippen molar-refractivity contribution in [2.24, 2.45) is 0 Å². The van der Waals surface area contributed by atoms with Gasteiger partial charge in [0.1, 0.15) is 0 Å². The van der Waals surface area contributed by atoms with Crippen LogP contribution in [-0.2, 0) is 21.4 Å². The smallest absolute Gasteiger partial charge is 0.239 e. The van der Waals surface area contributed by atoms with Gasteiger partial charge in [0.25, 0.3) is 0 Å². The number of rotatable bonds is 6. The van der Waals surface area contributed by atoms with Crippen molar-refractivity contribution in [2.75, 3.05) is 18.1 Å². The second-order valence-electron chi connectivity index (χ2n) is 5.33. The maximum absolute atomic E-state index is 12.2. The number of hydrogen-bond donors (Lipinski definition) is 1. The average molecular weight is 422 g/mol. The summed E-state index contributed by atoms with van der Waals surface area (Å²) in [5.41, 5.74) is 1.15. The Balaban J connectivity index is 2.10. The van der Waals surface area contributed by atoms with E-state index in [1.165, 1.54) is 0 Å². The van der Waals surface area contributed by atoms with E-state index < -0.39 is 15.9 Å². The Hall–Kier alpha value is -1.31. The minimum absolute atomic E-state index is 0.00373. The van der Waals surface area contributed by atoms with Crippen LogP contribution in [0.5, 0.6) is 0 Å². The van der Waals surface area contributed by atoms with Gasteiger partial charge < -0.3 is 5.32 Å². The monoisotopic (exact) mass is 420 g/mol. The average Bonchev–Trinajstić information content (AvgIpc) is 2.51. The molecule has 0 unspecified atom stereocenters. The molecule has 2 aromatic rings. The highest BCUT2D eigenvalue weighted by Crippen LogP contribution is 2.23. The van der Waals surface area contributed by atoms with E-state index in [2.05, 4.69) is 5.32 Å². The van der Waals surface area contributed by atoms with Gasteiger partial charge in [-0.2, -0.15) is 4.31 Å². The van der Waals surface area contributed by atoms with E-state index in [1.807, 2.05) is 0 Å². The molecule has 0 radical (unpaired) electrons. The van der Waals surface area contributed by atoms with Crippen molar-refractivity contribution in [1.29, 1.82) is 0 Å². The van der Waals surface area contributed by atoms with Crippen LogP contribution in [0, 0.1) is 0 Å². The van der Waals surface area contributed by atoms with Crippen molar-refractivity contribution in [2.45, 2.75) is 6.54 Å². The summed E-state index contributed by atoms with van der Waals surface area (Å²) in [6.45, 7) is -0.328. The number of carbonyl (C=O) groups excluding carboxylic acids is 1. The fourth-order valence-corrected chi connectivity index (χ4v) is 3.21. The lowest BCUT2D eigenvalue weighted by molar-refractivity contribution is -0.116. The van der Waals surface area contributed by atoms with Crippen LogP contribution in [0.15, 0.2) is 42.5 Å². The maximum atomic E-state index is 12.2. The normalized spacial score (nSPS) is 11.6. The predicted octanol–water partition coefficient (Wildman–Crippen LogP) is 4.05. The summed E-state index contributed by atoms with van der Waals surface area (Å²) in [7, 11) is -3.60. The number of halogens is 3. The Morgan fingerprint density at radius 3 is 2.24 bits per heavy atom. The molecule has 9 heteroatoms. The van der Waals surface area contributed by atoms with E-state index in [0.717, 1.165) is 10.6 Å². The summed E-state index contributed by atoms with van der Waals surface area (Å²) in [6, 6.07) is 11.3. The fraction of sp³-hybridized carbons (Fsp3) is 0.188. The summed E-state index contributed by atoms with van der Waals surface area (Å²) in [6.07, 6.45) is 1.04. The topological polar surface area (TPSA) is 66.5 Å². The van der Waals surface area contributed by atoms with Gasteiger partial charge in [-0.25, -0.2) is 8.42 Å². The van der Waals surface area contributed by atoms with E-state index in [9.17, 15) is 13.2 Å². The van der Waals surface area contributed by atoms with Crippen molar-refractivity contribution in [3.05, 3.63) is 63.1 Å². The van der Waals surface area contributed by atoms with Crippen molar-refractivity contribution in [1.82, 2.24) is 4.31 Å². The highest BCUT2D eigenvalue weighted by Gasteiger charge is 2.21. The van der Waals surface area contributed by atoms with Crippen molar-refractivity contribution >= 4 is 56.4 Å². The second kappa shape index (κ2) is 8.38. The standard InChI is InChI=1S/C16H15Cl3N2O3S/c1-25(23,24)21(9-11-2-7-14(18)15(19)8-11)10-16(22)20-13-5-3-12(17)4-6-13/h2-8H,9-10H2,1H3,(H,20,22). The summed E-state index contributed by atoms with van der Waals surface area (Å²) in [5.74, 6) is -0.465. The van der Waals surface area contributed by atoms with E-state index in [-0.39, 0.29) is 13.1 Å². The Morgan fingerprint density at radius 1 is 1.04 bits per heavy atom. The molecule has 0 spiro atoms. The van der Waals surface area contributed by atoms with Crippen molar-refractivity contribution < 1.29 is 13.2 Å². The van der Waals surface area contributed by atoms with E-state index in [0.29, 0.717) is 26.3 Å². The number of sulfonamides is 1. The molecule has 1 N–H and O–H groups in total. The van der Waals surface area contributed by atoms with Crippen LogP contribution >= 0.6 is 34.8 Å². The fourth-order valence-electron chi connectivity index (χ4n) is 2.03. The van der Waals surface area contributed by atoms with Gasteiger partial charge in [0.2, 0.25) is 15.9 Å². The molecule has 5 nitrogen and oxygen atoms in total. The largest absolute Gasteiger partial charge is 0.325 e. The SMILES string of the molecule is CS(=O)(=O)N(CC(=O)Nc1ccc(Cl)cc1)Cc1ccc(Cl)c(Cl)c1. The molecular weight excluding hydrogens is 407 g/mol. The summed E-state index contributed by atoms with van der Waals surface area (Å²) in [4.78, 5) is 12.2. The summed E-state index contributed by atoms with van der Waals surface area (Å²) in [5, 5.41) is 3.85. The van der Waals surface area contributed by atoms with Crippen LogP contribution in [0.2, 0.25) is 15.1 Å². The number of benzene rings is 2. The van der Waals surface area contributed by atoms with E-state index >= 15 is 0 Å². The third-order valence-corrected chi connectivity index (χ3v) is 5.45. The number of hydrogen-bond acceptors (Lipinski definition) is 3. The Kier molecular flexibility index (Phi) is 6.71. The predicted molar refractivity (Wildman–Crippen MR) is 102 cm³/mol. The second-order valence-corrected chi connectivity index (χ2v) is 8.57. The third-order valence-electron chi connectivity index (χ3n) is 3.26. The van der Waals surface area contributed by atoms with Crippen LogP contribution in [-0.4, -0.2) is 31.4 Å². The molecule has 0 fully saturated rings. The van der Waals surface area contributed by atoms with E-state index in [4.69, 9.17) is 34.8 Å². The first-order valence-corrected chi connectivity index (χ1v) is 10.1. The molecule has 0 atom stereocenters. The third kappa shape index (κ3) is 6.17. The van der Waals surface area contributed by atoms with Gasteiger partial charge in [-0.1, -0.05) is 40.9 Å². The Bertz CT molecular complexity index is 871. The molecule has 0 heterocycles. The summed E-state index contributed by atoms with van der Waals surface area (Å²) >= 11 is 17.6. The molecular formula is C16H15Cl3N2O3S. The lowest BCUT2D eigenvalue weighted by Gasteiger charge is -2.20. The lowest BCUT2D eigenvalue weighted by Crippen LogP contribution is -2.36. The van der Waals surface area contributed by atoms with Crippen molar-refractivity contribution in [3.8, 4) is 0 Å². The molecule has 0 saturated heterocycles. The Labute approximate surface area is 161 Å². The molecule has 2 aromatic carbocycles. The zero-order valence-corrected chi connectivity index (χ0v) is 16.3. The molecule has 134 valence electrons. The van der Waals surface area contributed by atoms with Gasteiger partial charge in [-0.15, -0.1) is 0 Å². The minimum Gasteiger partial charge on any atom is -0.325 e. The van der Waals surface area contributed by atoms with Gasteiger partial charge in [0, 0.05) is 17.3 Å². The molecule has 2 rings (SSSR count). The number of nitrogens with one attached hydrogen (secondary N) is 1. The quantitative estimate of drug-likeness (QED) is 0.765. The van der Waals surface area contributed by atoms with Crippen LogP contribution in [0.3, 0.4) is 0 Å². The van der Waals surface area contributed by atoms with Crippen molar-refractivity contribution in [3.63, 3.8) is 0 Å². The van der Waals surface area contributed by atoms with E-state index in [1.54, 1.807) is 42.5 Å². The molecule has 0 aromatic heterocycles. The molecule has 0 aliphatic heterocycles. The van der Waals surface area contributed by atoms with Gasteiger partial charge in [0.15, 0.2) is 0 Å². The first kappa shape index (κ1) is 20.0. The molecule has 25 heavy (non-hydrogen) atoms. The molecule has 0 aliphatic carbocycles. The van der Waals surface area contributed by atoms with Crippen LogP contribution in [0.1, 0.15) is 5.56 Å². The number of anilines is 1.